The molecule has 9 heteroatoms. The monoisotopic (exact) mass is 674 g/mol. The van der Waals surface area contributed by atoms with E-state index in [1.165, 1.54) is 29.2 Å². The molecule has 1 unspecified atom stereocenters. The first-order valence-electron chi connectivity index (χ1n) is 15.4. The van der Waals surface area contributed by atoms with Gasteiger partial charge < -0.3 is 10.1 Å². The average Bonchev–Trinajstić information content (AvgIpc) is 3.69. The van der Waals surface area contributed by atoms with Gasteiger partial charge in [0.1, 0.15) is 16.6 Å². The molecular weight excluding hydrogens is 639 g/mol. The van der Waals surface area contributed by atoms with Gasteiger partial charge in [0, 0.05) is 38.5 Å². The van der Waals surface area contributed by atoms with Crippen LogP contribution in [0.3, 0.4) is 0 Å². The van der Waals surface area contributed by atoms with Gasteiger partial charge in [-0.1, -0.05) is 62.9 Å². The van der Waals surface area contributed by atoms with Crippen LogP contribution in [0.4, 0.5) is 8.78 Å². The standard InChI is InChI=1S/C37H36F2N2O2S3/c1-22(36(42)43)16-23-6-4-7-24(17-23)26-8-5-13-37(2,3)21-44-15-12-28-27-11-14-40-32(27)19-31(39)34(28)46-25-9-10-30(38)29(18-25)35-41-33(26)20-45-35/h4,6-11,14,17-20,22,40H,5,12-13,15-16,21H2,1-3H3,(H,42,43)/b26-8+. The number of hydrogen-bond acceptors (Lipinski definition) is 5. The lowest BCUT2D eigenvalue weighted by Crippen LogP contribution is -2.15. The van der Waals surface area contributed by atoms with Crippen molar-refractivity contribution in [2.45, 2.75) is 56.2 Å². The fraction of sp³-hybridized carbons (Fsp3) is 0.297. The summed E-state index contributed by atoms with van der Waals surface area (Å²) in [5.41, 5.74) is 5.81. The van der Waals surface area contributed by atoms with Gasteiger partial charge in [-0.3, -0.25) is 4.79 Å². The number of aliphatic carboxylic acids is 1. The van der Waals surface area contributed by atoms with Gasteiger partial charge in [-0.2, -0.15) is 11.8 Å². The van der Waals surface area contributed by atoms with Gasteiger partial charge in [-0.05, 0) is 89.6 Å². The Labute approximate surface area is 280 Å². The molecule has 3 aromatic carbocycles. The number of allylic oxidation sites excluding steroid dienone is 1. The number of aromatic nitrogens is 2. The lowest BCUT2D eigenvalue weighted by molar-refractivity contribution is -0.141. The number of aryl methyl sites for hydroxylation is 1. The molecule has 0 fully saturated rings. The zero-order valence-electron chi connectivity index (χ0n) is 26.0. The van der Waals surface area contributed by atoms with E-state index in [4.69, 9.17) is 4.98 Å². The Balaban J connectivity index is 1.43. The number of carbonyl (C=O) groups is 1. The summed E-state index contributed by atoms with van der Waals surface area (Å²) in [6.07, 6.45) is 7.00. The Kier molecular flexibility index (Phi) is 9.73. The summed E-state index contributed by atoms with van der Waals surface area (Å²) in [7, 11) is 0. The smallest absolute Gasteiger partial charge is 0.306 e. The lowest BCUT2D eigenvalue weighted by atomic mass is 9.89. The normalized spacial score (nSPS) is 17.4. The maximum Gasteiger partial charge on any atom is 0.306 e. The molecule has 0 saturated heterocycles. The Morgan fingerprint density at radius 1 is 1.11 bits per heavy atom. The molecule has 6 rings (SSSR count). The number of carboxylic acids is 1. The third-order valence-electron chi connectivity index (χ3n) is 8.39. The predicted molar refractivity (Wildman–Crippen MR) is 188 cm³/mol. The number of fused-ring (bicyclic) bond motifs is 8. The Hall–Kier alpha value is -3.40. The van der Waals surface area contributed by atoms with Crippen molar-refractivity contribution in [2.24, 2.45) is 11.3 Å². The van der Waals surface area contributed by atoms with Gasteiger partial charge in [-0.15, -0.1) is 11.3 Å². The van der Waals surface area contributed by atoms with Crippen molar-refractivity contribution in [3.05, 3.63) is 106 Å². The van der Waals surface area contributed by atoms with Gasteiger partial charge in [0.2, 0.25) is 0 Å². The first-order chi connectivity index (χ1) is 22.1. The molecule has 0 saturated carbocycles. The molecule has 1 aliphatic rings. The molecule has 4 nitrogen and oxygen atoms in total. The van der Waals surface area contributed by atoms with Crippen molar-refractivity contribution < 1.29 is 18.7 Å². The number of rotatable bonds is 4. The predicted octanol–water partition coefficient (Wildman–Crippen LogP) is 10.5. The van der Waals surface area contributed by atoms with Crippen molar-refractivity contribution >= 4 is 57.3 Å². The number of thioether (sulfide) groups is 1. The van der Waals surface area contributed by atoms with Crippen LogP contribution < -0.4 is 0 Å². The van der Waals surface area contributed by atoms with Crippen molar-refractivity contribution in [3.63, 3.8) is 0 Å². The average molecular weight is 675 g/mol. The quantitative estimate of drug-likeness (QED) is 0.199. The zero-order valence-corrected chi connectivity index (χ0v) is 28.5. The van der Waals surface area contributed by atoms with Crippen LogP contribution in [0.15, 0.2) is 82.0 Å². The Morgan fingerprint density at radius 3 is 2.78 bits per heavy atom. The number of halogens is 2. The van der Waals surface area contributed by atoms with Crippen molar-refractivity contribution in [3.8, 4) is 10.6 Å². The number of thiazole rings is 1. The number of nitrogens with one attached hydrogen (secondary N) is 1. The molecule has 1 aliphatic heterocycles. The molecule has 0 spiro atoms. The second-order valence-corrected chi connectivity index (χ2v) is 15.7. The van der Waals surface area contributed by atoms with Crippen molar-refractivity contribution in [2.75, 3.05) is 11.5 Å². The van der Waals surface area contributed by atoms with Gasteiger partial charge in [0.15, 0.2) is 0 Å². The number of hydrogen-bond donors (Lipinski definition) is 2. The summed E-state index contributed by atoms with van der Waals surface area (Å²) in [5, 5.41) is 13.0. The third kappa shape index (κ3) is 7.27. The number of benzene rings is 3. The first kappa shape index (κ1) is 32.5. The highest BCUT2D eigenvalue weighted by Crippen LogP contribution is 2.41. The number of H-pyrrole nitrogens is 1. The first-order valence-corrected chi connectivity index (χ1v) is 18.3. The van der Waals surface area contributed by atoms with Crippen LogP contribution in [0.1, 0.15) is 56.0 Å². The highest BCUT2D eigenvalue weighted by Gasteiger charge is 2.22. The van der Waals surface area contributed by atoms with E-state index in [1.54, 1.807) is 25.1 Å². The van der Waals surface area contributed by atoms with Crippen LogP contribution in [-0.4, -0.2) is 32.5 Å². The van der Waals surface area contributed by atoms with Gasteiger partial charge >= 0.3 is 5.97 Å². The van der Waals surface area contributed by atoms with E-state index >= 15 is 8.78 Å². The van der Waals surface area contributed by atoms with Crippen LogP contribution in [0, 0.1) is 23.0 Å². The molecule has 4 bridgehead atoms. The summed E-state index contributed by atoms with van der Waals surface area (Å²) < 4.78 is 31.0. The molecular formula is C37H36F2N2O2S3. The molecule has 0 amide bonds. The van der Waals surface area contributed by atoms with Crippen LogP contribution in [0.25, 0.3) is 27.0 Å². The highest BCUT2D eigenvalue weighted by atomic mass is 32.2. The van der Waals surface area contributed by atoms with Gasteiger partial charge in [-0.25, -0.2) is 13.8 Å². The topological polar surface area (TPSA) is 66.0 Å². The Morgan fingerprint density at radius 2 is 1.96 bits per heavy atom. The maximum absolute atomic E-state index is 15.6. The van der Waals surface area contributed by atoms with E-state index < -0.39 is 11.9 Å². The minimum absolute atomic E-state index is 0.0627. The Bertz CT molecular complexity index is 1930. The van der Waals surface area contributed by atoms with Crippen LogP contribution in [0.5, 0.6) is 0 Å². The summed E-state index contributed by atoms with van der Waals surface area (Å²) >= 11 is 4.60. The van der Waals surface area contributed by atoms with E-state index in [0.717, 1.165) is 74.5 Å². The molecule has 46 heavy (non-hydrogen) atoms. The lowest BCUT2D eigenvalue weighted by Gasteiger charge is -2.24. The van der Waals surface area contributed by atoms with Crippen molar-refractivity contribution in [1.82, 2.24) is 9.97 Å². The van der Waals surface area contributed by atoms with E-state index in [0.29, 0.717) is 21.9 Å². The number of aromatic amines is 1. The number of carboxylic acid groups (broad SMARTS) is 1. The second kappa shape index (κ2) is 13.8. The van der Waals surface area contributed by atoms with Crippen LogP contribution in [0.2, 0.25) is 0 Å². The highest BCUT2D eigenvalue weighted by molar-refractivity contribution is 7.99. The molecule has 2 N–H and O–H groups in total. The van der Waals surface area contributed by atoms with E-state index in [-0.39, 0.29) is 17.0 Å². The molecule has 3 heterocycles. The summed E-state index contributed by atoms with van der Waals surface area (Å²) in [4.78, 5) is 21.0. The molecule has 0 aliphatic carbocycles. The maximum atomic E-state index is 15.6. The number of nitrogens with zero attached hydrogens (tertiary/aromatic N) is 1. The fourth-order valence-corrected chi connectivity index (χ4v) is 8.90. The molecule has 1 atom stereocenters. The van der Waals surface area contributed by atoms with E-state index in [2.05, 4.69) is 24.9 Å². The van der Waals surface area contributed by atoms with Gasteiger partial charge in [0.05, 0.1) is 16.5 Å². The van der Waals surface area contributed by atoms with Crippen molar-refractivity contribution in [1.29, 1.82) is 0 Å². The molecule has 2 aromatic heterocycles. The fourth-order valence-electron chi connectivity index (χ4n) is 5.83. The second-order valence-electron chi connectivity index (χ2n) is 12.7. The van der Waals surface area contributed by atoms with Crippen LogP contribution >= 0.6 is 34.9 Å². The molecule has 238 valence electrons. The van der Waals surface area contributed by atoms with Gasteiger partial charge in [0.25, 0.3) is 0 Å². The SMILES string of the molecule is CC(Cc1cccc(/C2=C\CCC(C)(C)CSCCc3c(c(F)cc4[nH]ccc34)Sc3ccc(F)c(c3)-c3nc2cs3)c1)C(=O)O. The minimum Gasteiger partial charge on any atom is -0.481 e. The zero-order chi connectivity index (χ0) is 32.4. The summed E-state index contributed by atoms with van der Waals surface area (Å²) in [5.74, 6) is -0.160. The third-order valence-corrected chi connectivity index (χ3v) is 11.9. The largest absolute Gasteiger partial charge is 0.481 e. The summed E-state index contributed by atoms with van der Waals surface area (Å²) in [6.45, 7) is 6.28. The van der Waals surface area contributed by atoms with E-state index in [9.17, 15) is 9.90 Å². The molecule has 5 aromatic rings. The summed E-state index contributed by atoms with van der Waals surface area (Å²) in [6, 6.07) is 16.4. The molecule has 0 radical (unpaired) electrons. The minimum atomic E-state index is -0.823. The van der Waals surface area contributed by atoms with E-state index in [1.807, 2.05) is 53.7 Å². The van der Waals surface area contributed by atoms with Crippen LogP contribution in [-0.2, 0) is 17.6 Å².